The molecule has 2 aromatic rings. The van der Waals surface area contributed by atoms with Crippen LogP contribution in [0, 0.1) is 0 Å². The van der Waals surface area contributed by atoms with Gasteiger partial charge in [-0.1, -0.05) is 17.7 Å². The number of halogens is 1. The van der Waals surface area contributed by atoms with E-state index in [0.29, 0.717) is 16.5 Å². The standard InChI is InChI=1S/C13H12ClN3O2/c1-19-10-6-2-5-9(15)11(10)13(18)17-12-8(14)4-3-7-16-12/h2-7H,15H2,1H3,(H,16,17,18). The van der Waals surface area contributed by atoms with E-state index in [9.17, 15) is 4.79 Å². The highest BCUT2D eigenvalue weighted by molar-refractivity contribution is 6.33. The number of anilines is 2. The minimum atomic E-state index is -0.421. The van der Waals surface area contributed by atoms with E-state index in [0.717, 1.165) is 0 Å². The van der Waals surface area contributed by atoms with Crippen molar-refractivity contribution in [3.05, 3.63) is 47.1 Å². The summed E-state index contributed by atoms with van der Waals surface area (Å²) < 4.78 is 5.12. The Balaban J connectivity index is 2.33. The Morgan fingerprint density at radius 2 is 2.16 bits per heavy atom. The summed E-state index contributed by atoms with van der Waals surface area (Å²) in [6, 6.07) is 8.30. The maximum Gasteiger partial charge on any atom is 0.262 e. The number of nitrogens with one attached hydrogen (secondary N) is 1. The number of ether oxygens (including phenoxy) is 1. The van der Waals surface area contributed by atoms with E-state index in [2.05, 4.69) is 10.3 Å². The Labute approximate surface area is 115 Å². The highest BCUT2D eigenvalue weighted by Gasteiger charge is 2.17. The van der Waals surface area contributed by atoms with Gasteiger partial charge in [0, 0.05) is 11.9 Å². The van der Waals surface area contributed by atoms with Crippen LogP contribution in [-0.4, -0.2) is 18.0 Å². The van der Waals surface area contributed by atoms with Gasteiger partial charge in [0.15, 0.2) is 5.82 Å². The fourth-order valence-corrected chi connectivity index (χ4v) is 1.78. The molecule has 0 fully saturated rings. The van der Waals surface area contributed by atoms with Gasteiger partial charge in [-0.3, -0.25) is 4.79 Å². The molecule has 0 bridgehead atoms. The van der Waals surface area contributed by atoms with Crippen LogP contribution in [0.3, 0.4) is 0 Å². The van der Waals surface area contributed by atoms with Crippen molar-refractivity contribution in [1.29, 1.82) is 0 Å². The first-order valence-corrected chi connectivity index (χ1v) is 5.85. The van der Waals surface area contributed by atoms with Gasteiger partial charge < -0.3 is 15.8 Å². The molecular weight excluding hydrogens is 266 g/mol. The number of nitrogens with zero attached hydrogens (tertiary/aromatic N) is 1. The molecule has 5 nitrogen and oxygen atoms in total. The largest absolute Gasteiger partial charge is 0.496 e. The Morgan fingerprint density at radius 1 is 1.37 bits per heavy atom. The fourth-order valence-electron chi connectivity index (χ4n) is 1.61. The molecule has 19 heavy (non-hydrogen) atoms. The zero-order chi connectivity index (χ0) is 13.8. The third-order valence-electron chi connectivity index (χ3n) is 2.50. The number of aromatic nitrogens is 1. The first-order chi connectivity index (χ1) is 9.13. The smallest absolute Gasteiger partial charge is 0.262 e. The number of hydrogen-bond donors (Lipinski definition) is 2. The molecule has 1 aromatic heterocycles. The number of carbonyl (C=O) groups excluding carboxylic acids is 1. The average Bonchev–Trinajstić information content (AvgIpc) is 2.40. The van der Waals surface area contributed by atoms with Gasteiger partial charge >= 0.3 is 0 Å². The Kier molecular flexibility index (Phi) is 3.87. The second-order valence-electron chi connectivity index (χ2n) is 3.71. The number of nitrogens with two attached hydrogens (primary N) is 1. The first kappa shape index (κ1) is 13.2. The molecule has 0 aliphatic rings. The zero-order valence-corrected chi connectivity index (χ0v) is 10.9. The zero-order valence-electron chi connectivity index (χ0n) is 10.2. The Bertz CT molecular complexity index is 617. The molecule has 1 amide bonds. The van der Waals surface area contributed by atoms with E-state index in [4.69, 9.17) is 22.1 Å². The second kappa shape index (κ2) is 5.58. The predicted molar refractivity (Wildman–Crippen MR) is 74.6 cm³/mol. The fraction of sp³-hybridized carbons (Fsp3) is 0.0769. The molecule has 98 valence electrons. The number of rotatable bonds is 3. The van der Waals surface area contributed by atoms with Crippen molar-refractivity contribution in [2.45, 2.75) is 0 Å². The first-order valence-electron chi connectivity index (χ1n) is 5.48. The third kappa shape index (κ3) is 2.77. The molecular formula is C13H12ClN3O2. The van der Waals surface area contributed by atoms with Crippen LogP contribution in [0.5, 0.6) is 5.75 Å². The molecule has 1 aromatic carbocycles. The van der Waals surface area contributed by atoms with Crippen molar-refractivity contribution in [2.24, 2.45) is 0 Å². The number of pyridine rings is 1. The van der Waals surface area contributed by atoms with E-state index < -0.39 is 5.91 Å². The maximum atomic E-state index is 12.2. The SMILES string of the molecule is COc1cccc(N)c1C(=O)Nc1ncccc1Cl. The van der Waals surface area contributed by atoms with Gasteiger partial charge in [-0.15, -0.1) is 0 Å². The molecule has 0 aliphatic carbocycles. The normalized spacial score (nSPS) is 10.0. The summed E-state index contributed by atoms with van der Waals surface area (Å²) in [7, 11) is 1.47. The molecule has 0 spiro atoms. The molecule has 0 saturated carbocycles. The number of carbonyl (C=O) groups is 1. The number of benzene rings is 1. The molecule has 0 aliphatic heterocycles. The monoisotopic (exact) mass is 277 g/mol. The van der Waals surface area contributed by atoms with Gasteiger partial charge in [0.1, 0.15) is 11.3 Å². The lowest BCUT2D eigenvalue weighted by Crippen LogP contribution is -2.16. The summed E-state index contributed by atoms with van der Waals surface area (Å²) in [5.41, 5.74) is 6.37. The minimum Gasteiger partial charge on any atom is -0.496 e. The van der Waals surface area contributed by atoms with Crippen LogP contribution in [0.25, 0.3) is 0 Å². The Morgan fingerprint density at radius 3 is 2.84 bits per heavy atom. The van der Waals surface area contributed by atoms with Crippen LogP contribution in [0.4, 0.5) is 11.5 Å². The molecule has 2 rings (SSSR count). The summed E-state index contributed by atoms with van der Waals surface area (Å²) in [6.07, 6.45) is 1.53. The minimum absolute atomic E-state index is 0.256. The molecule has 6 heteroatoms. The molecule has 0 radical (unpaired) electrons. The van der Waals surface area contributed by atoms with Gasteiger partial charge in [-0.05, 0) is 24.3 Å². The van der Waals surface area contributed by atoms with Crippen LogP contribution in [0.1, 0.15) is 10.4 Å². The van der Waals surface area contributed by atoms with E-state index in [1.165, 1.54) is 13.3 Å². The van der Waals surface area contributed by atoms with Crippen LogP contribution in [0.15, 0.2) is 36.5 Å². The van der Waals surface area contributed by atoms with Gasteiger partial charge in [0.2, 0.25) is 0 Å². The summed E-state index contributed by atoms with van der Waals surface area (Å²) >= 11 is 5.93. The number of nitrogen functional groups attached to an aromatic ring is 1. The summed E-state index contributed by atoms with van der Waals surface area (Å²) in [6.45, 7) is 0. The lowest BCUT2D eigenvalue weighted by Gasteiger charge is -2.11. The predicted octanol–water partition coefficient (Wildman–Crippen LogP) is 2.58. The second-order valence-corrected chi connectivity index (χ2v) is 4.12. The van der Waals surface area contributed by atoms with Crippen molar-refractivity contribution in [3.63, 3.8) is 0 Å². The van der Waals surface area contributed by atoms with Gasteiger partial charge in [-0.2, -0.15) is 0 Å². The van der Waals surface area contributed by atoms with Crippen molar-refractivity contribution in [1.82, 2.24) is 4.98 Å². The molecule has 1 heterocycles. The van der Waals surface area contributed by atoms with Crippen molar-refractivity contribution >= 4 is 29.0 Å². The van der Waals surface area contributed by atoms with E-state index in [-0.39, 0.29) is 11.4 Å². The summed E-state index contributed by atoms with van der Waals surface area (Å²) in [5, 5.41) is 2.95. The van der Waals surface area contributed by atoms with Crippen LogP contribution in [-0.2, 0) is 0 Å². The topological polar surface area (TPSA) is 77.2 Å². The number of hydrogen-bond acceptors (Lipinski definition) is 4. The van der Waals surface area contributed by atoms with E-state index in [1.807, 2.05) is 0 Å². The highest BCUT2D eigenvalue weighted by Crippen LogP contribution is 2.26. The van der Waals surface area contributed by atoms with Gasteiger partial charge in [0.25, 0.3) is 5.91 Å². The molecule has 3 N–H and O–H groups in total. The van der Waals surface area contributed by atoms with Crippen molar-refractivity contribution in [3.8, 4) is 5.75 Å². The quantitative estimate of drug-likeness (QED) is 0.846. The van der Waals surface area contributed by atoms with Crippen LogP contribution >= 0.6 is 11.6 Å². The molecule has 0 unspecified atom stereocenters. The van der Waals surface area contributed by atoms with Gasteiger partial charge in [-0.25, -0.2) is 4.98 Å². The number of amides is 1. The summed E-state index contributed by atoms with van der Waals surface area (Å²) in [4.78, 5) is 16.2. The highest BCUT2D eigenvalue weighted by atomic mass is 35.5. The number of methoxy groups -OCH3 is 1. The van der Waals surface area contributed by atoms with E-state index >= 15 is 0 Å². The maximum absolute atomic E-state index is 12.2. The van der Waals surface area contributed by atoms with Crippen molar-refractivity contribution < 1.29 is 9.53 Å². The third-order valence-corrected chi connectivity index (χ3v) is 2.80. The average molecular weight is 278 g/mol. The lowest BCUT2D eigenvalue weighted by molar-refractivity contribution is 0.102. The molecule has 0 atom stereocenters. The van der Waals surface area contributed by atoms with Crippen LogP contribution in [0.2, 0.25) is 5.02 Å². The molecule has 0 saturated heterocycles. The van der Waals surface area contributed by atoms with E-state index in [1.54, 1.807) is 30.3 Å². The Hall–Kier alpha value is -2.27. The summed E-state index contributed by atoms with van der Waals surface area (Å²) in [5.74, 6) is 0.250. The van der Waals surface area contributed by atoms with Gasteiger partial charge in [0.05, 0.1) is 12.1 Å². The van der Waals surface area contributed by atoms with Crippen LogP contribution < -0.4 is 15.8 Å². The lowest BCUT2D eigenvalue weighted by atomic mass is 10.1. The van der Waals surface area contributed by atoms with Crippen molar-refractivity contribution in [2.75, 3.05) is 18.2 Å².